The molecule has 1 aliphatic rings. The van der Waals surface area contributed by atoms with Gasteiger partial charge < -0.3 is 14.8 Å². The normalized spacial score (nSPS) is 14.7. The molecule has 1 N–H and O–H groups in total. The molecule has 0 unspecified atom stereocenters. The minimum Gasteiger partial charge on any atom is -0.497 e. The third-order valence-electron chi connectivity index (χ3n) is 3.08. The average molecular weight is 261 g/mol. The van der Waals surface area contributed by atoms with Gasteiger partial charge in [-0.2, -0.15) is 0 Å². The number of esters is 1. The number of carbonyl (C=O) groups excluding carboxylic acids is 1. The Morgan fingerprint density at radius 3 is 2.95 bits per heavy atom. The van der Waals surface area contributed by atoms with Crippen molar-refractivity contribution >= 4 is 5.97 Å². The van der Waals surface area contributed by atoms with E-state index < -0.39 is 0 Å². The Labute approximate surface area is 113 Å². The summed E-state index contributed by atoms with van der Waals surface area (Å²) in [5, 5.41) is 3.25. The van der Waals surface area contributed by atoms with E-state index in [1.165, 1.54) is 5.57 Å². The van der Waals surface area contributed by atoms with Gasteiger partial charge in [0, 0.05) is 19.0 Å². The lowest BCUT2D eigenvalue weighted by Gasteiger charge is -2.13. The highest BCUT2D eigenvalue weighted by Gasteiger charge is 2.09. The molecular weight excluding hydrogens is 242 g/mol. The molecule has 1 aliphatic heterocycles. The van der Waals surface area contributed by atoms with Crippen molar-refractivity contribution in [1.29, 1.82) is 0 Å². The molecule has 4 nitrogen and oxygen atoms in total. The SMILES string of the molecule is COc1cccc(OC(=O)CCC2=CCNCC2)c1. The van der Waals surface area contributed by atoms with Gasteiger partial charge in [-0.05, 0) is 31.5 Å². The molecule has 0 radical (unpaired) electrons. The molecular formula is C15H19NO3. The van der Waals surface area contributed by atoms with Crippen molar-refractivity contribution in [2.24, 2.45) is 0 Å². The van der Waals surface area contributed by atoms with Gasteiger partial charge in [-0.25, -0.2) is 0 Å². The van der Waals surface area contributed by atoms with Crippen LogP contribution in [-0.4, -0.2) is 26.2 Å². The predicted octanol–water partition coefficient (Wildman–Crippen LogP) is 2.30. The summed E-state index contributed by atoms with van der Waals surface area (Å²) in [4.78, 5) is 11.7. The largest absolute Gasteiger partial charge is 0.497 e. The molecule has 0 aliphatic carbocycles. The van der Waals surface area contributed by atoms with E-state index >= 15 is 0 Å². The van der Waals surface area contributed by atoms with Crippen LogP contribution in [0.2, 0.25) is 0 Å². The zero-order chi connectivity index (χ0) is 13.5. The lowest BCUT2D eigenvalue weighted by Crippen LogP contribution is -2.21. The Hall–Kier alpha value is -1.81. The highest BCUT2D eigenvalue weighted by atomic mass is 16.5. The average Bonchev–Trinajstić information content (AvgIpc) is 2.46. The van der Waals surface area contributed by atoms with Gasteiger partial charge in [0.25, 0.3) is 0 Å². The van der Waals surface area contributed by atoms with Crippen LogP contribution >= 0.6 is 0 Å². The summed E-state index contributed by atoms with van der Waals surface area (Å²) in [5.74, 6) is 1.02. The first-order valence-electron chi connectivity index (χ1n) is 6.51. The zero-order valence-corrected chi connectivity index (χ0v) is 11.1. The summed E-state index contributed by atoms with van der Waals surface area (Å²) in [5.41, 5.74) is 1.33. The third kappa shape index (κ3) is 4.41. The highest BCUT2D eigenvalue weighted by Crippen LogP contribution is 2.20. The molecule has 0 aromatic heterocycles. The predicted molar refractivity (Wildman–Crippen MR) is 73.4 cm³/mol. The second-order valence-corrected chi connectivity index (χ2v) is 4.47. The van der Waals surface area contributed by atoms with Crippen LogP contribution in [0.3, 0.4) is 0 Å². The summed E-state index contributed by atoms with van der Waals surface area (Å²) < 4.78 is 10.4. The van der Waals surface area contributed by atoms with Crippen LogP contribution in [0.15, 0.2) is 35.9 Å². The Kier molecular flexibility index (Phi) is 4.98. The van der Waals surface area contributed by atoms with E-state index in [4.69, 9.17) is 9.47 Å². The molecule has 0 amide bonds. The Morgan fingerprint density at radius 2 is 2.21 bits per heavy atom. The van der Waals surface area contributed by atoms with Crippen molar-refractivity contribution in [2.75, 3.05) is 20.2 Å². The van der Waals surface area contributed by atoms with E-state index in [9.17, 15) is 4.79 Å². The molecule has 102 valence electrons. The van der Waals surface area contributed by atoms with Crippen LogP contribution in [0.4, 0.5) is 0 Å². The summed E-state index contributed by atoms with van der Waals surface area (Å²) in [6, 6.07) is 7.08. The van der Waals surface area contributed by atoms with Crippen LogP contribution in [0.25, 0.3) is 0 Å². The van der Waals surface area contributed by atoms with Crippen molar-refractivity contribution in [3.8, 4) is 11.5 Å². The first-order chi connectivity index (χ1) is 9.28. The standard InChI is InChI=1S/C15H19NO3/c1-18-13-3-2-4-14(11-13)19-15(17)6-5-12-7-9-16-10-8-12/h2-4,7,11,16H,5-6,8-10H2,1H3. The molecule has 0 saturated carbocycles. The van der Waals surface area contributed by atoms with Gasteiger partial charge in [0.05, 0.1) is 7.11 Å². The zero-order valence-electron chi connectivity index (χ0n) is 11.1. The minimum atomic E-state index is -0.201. The highest BCUT2D eigenvalue weighted by molar-refractivity contribution is 5.72. The van der Waals surface area contributed by atoms with Gasteiger partial charge >= 0.3 is 5.97 Å². The van der Waals surface area contributed by atoms with Gasteiger partial charge in [-0.3, -0.25) is 4.79 Å². The van der Waals surface area contributed by atoms with Crippen LogP contribution in [-0.2, 0) is 4.79 Å². The van der Waals surface area contributed by atoms with Gasteiger partial charge in [-0.15, -0.1) is 0 Å². The second-order valence-electron chi connectivity index (χ2n) is 4.47. The first-order valence-corrected chi connectivity index (χ1v) is 6.51. The van der Waals surface area contributed by atoms with Crippen molar-refractivity contribution in [3.05, 3.63) is 35.9 Å². The van der Waals surface area contributed by atoms with Gasteiger partial charge in [-0.1, -0.05) is 17.7 Å². The van der Waals surface area contributed by atoms with E-state index in [1.807, 2.05) is 6.07 Å². The maximum Gasteiger partial charge on any atom is 0.311 e. The molecule has 0 atom stereocenters. The summed E-state index contributed by atoms with van der Waals surface area (Å²) in [7, 11) is 1.59. The van der Waals surface area contributed by atoms with E-state index in [0.29, 0.717) is 17.9 Å². The van der Waals surface area contributed by atoms with E-state index in [-0.39, 0.29) is 5.97 Å². The van der Waals surface area contributed by atoms with E-state index in [1.54, 1.807) is 25.3 Å². The first kappa shape index (κ1) is 13.6. The second kappa shape index (κ2) is 6.95. The molecule has 1 aromatic carbocycles. The Bertz CT molecular complexity index is 468. The van der Waals surface area contributed by atoms with Gasteiger partial charge in [0.15, 0.2) is 0 Å². The number of rotatable bonds is 5. The molecule has 2 rings (SSSR count). The Balaban J connectivity index is 1.81. The topological polar surface area (TPSA) is 47.6 Å². The molecule has 0 bridgehead atoms. The smallest absolute Gasteiger partial charge is 0.311 e. The van der Waals surface area contributed by atoms with Gasteiger partial charge in [0.1, 0.15) is 11.5 Å². The number of carbonyl (C=O) groups is 1. The van der Waals surface area contributed by atoms with Crippen molar-refractivity contribution in [2.45, 2.75) is 19.3 Å². The summed E-state index contributed by atoms with van der Waals surface area (Å²) >= 11 is 0. The van der Waals surface area contributed by atoms with Crippen LogP contribution < -0.4 is 14.8 Å². The van der Waals surface area contributed by atoms with Crippen LogP contribution in [0.1, 0.15) is 19.3 Å². The Morgan fingerprint density at radius 1 is 1.37 bits per heavy atom. The van der Waals surface area contributed by atoms with Gasteiger partial charge in [0.2, 0.25) is 0 Å². The maximum atomic E-state index is 11.7. The van der Waals surface area contributed by atoms with Crippen molar-refractivity contribution in [1.82, 2.24) is 5.32 Å². The molecule has 0 saturated heterocycles. The fraction of sp³-hybridized carbons (Fsp3) is 0.400. The van der Waals surface area contributed by atoms with Crippen molar-refractivity contribution in [3.63, 3.8) is 0 Å². The number of ether oxygens (including phenoxy) is 2. The summed E-state index contributed by atoms with van der Waals surface area (Å²) in [6.45, 7) is 1.90. The van der Waals surface area contributed by atoms with E-state index in [0.717, 1.165) is 25.9 Å². The molecule has 0 fully saturated rings. The molecule has 4 heteroatoms. The lowest BCUT2D eigenvalue weighted by molar-refractivity contribution is -0.134. The molecule has 0 spiro atoms. The minimum absolute atomic E-state index is 0.201. The van der Waals surface area contributed by atoms with Crippen LogP contribution in [0.5, 0.6) is 11.5 Å². The number of nitrogens with one attached hydrogen (secondary N) is 1. The summed E-state index contributed by atoms with van der Waals surface area (Å²) in [6.07, 6.45) is 4.38. The maximum absolute atomic E-state index is 11.7. The molecule has 19 heavy (non-hydrogen) atoms. The van der Waals surface area contributed by atoms with Crippen molar-refractivity contribution < 1.29 is 14.3 Å². The van der Waals surface area contributed by atoms with E-state index in [2.05, 4.69) is 11.4 Å². The third-order valence-corrected chi connectivity index (χ3v) is 3.08. The van der Waals surface area contributed by atoms with Crippen LogP contribution in [0, 0.1) is 0 Å². The molecule has 1 heterocycles. The number of hydrogen-bond acceptors (Lipinski definition) is 4. The molecule has 1 aromatic rings. The number of benzene rings is 1. The quantitative estimate of drug-likeness (QED) is 0.502. The number of methoxy groups -OCH3 is 1. The lowest BCUT2D eigenvalue weighted by atomic mass is 10.0. The fourth-order valence-electron chi connectivity index (χ4n) is 2.01. The monoisotopic (exact) mass is 261 g/mol. The number of hydrogen-bond donors (Lipinski definition) is 1. The fourth-order valence-corrected chi connectivity index (χ4v) is 2.01.